The molecule has 1 unspecified atom stereocenters. The molecule has 0 saturated heterocycles. The Morgan fingerprint density at radius 2 is 2.18 bits per heavy atom. The van der Waals surface area contributed by atoms with Crippen LogP contribution in [0, 0.1) is 5.82 Å². The Hall–Kier alpha value is -1.62. The third kappa shape index (κ3) is 3.71. The zero-order chi connectivity index (χ0) is 13.0. The van der Waals surface area contributed by atoms with Crippen LogP contribution in [0.3, 0.4) is 0 Å². The fourth-order valence-corrected chi connectivity index (χ4v) is 1.39. The fraction of sp³-hybridized carbons (Fsp3) is 0.417. The number of benzene rings is 1. The lowest BCUT2D eigenvalue weighted by atomic mass is 10.1. The van der Waals surface area contributed by atoms with Gasteiger partial charge in [-0.3, -0.25) is 4.79 Å². The lowest BCUT2D eigenvalue weighted by molar-refractivity contribution is -0.127. The average Bonchev–Trinajstić information content (AvgIpc) is 2.25. The zero-order valence-corrected chi connectivity index (χ0v) is 10.2. The van der Waals surface area contributed by atoms with Gasteiger partial charge in [0, 0.05) is 31.8 Å². The average molecular weight is 240 g/mol. The molecule has 0 fully saturated rings. The third-order valence-corrected chi connectivity index (χ3v) is 2.52. The molecular formula is C12H17FN2O2. The van der Waals surface area contributed by atoms with Crippen molar-refractivity contribution in [3.63, 3.8) is 0 Å². The summed E-state index contributed by atoms with van der Waals surface area (Å²) in [6, 6.07) is 3.62. The second-order valence-electron chi connectivity index (χ2n) is 4.09. The molecule has 17 heavy (non-hydrogen) atoms. The number of amides is 1. The SMILES string of the molecule is CC(NCC(=O)N(C)C)c1ccc(F)cc1O. The number of rotatable bonds is 4. The number of carbonyl (C=O) groups is 1. The van der Waals surface area contributed by atoms with Crippen LogP contribution in [0.1, 0.15) is 18.5 Å². The highest BCUT2D eigenvalue weighted by atomic mass is 19.1. The molecule has 1 aromatic carbocycles. The molecule has 0 spiro atoms. The summed E-state index contributed by atoms with van der Waals surface area (Å²) < 4.78 is 12.8. The van der Waals surface area contributed by atoms with Crippen LogP contribution < -0.4 is 5.32 Å². The number of hydrogen-bond acceptors (Lipinski definition) is 3. The molecule has 0 radical (unpaired) electrons. The van der Waals surface area contributed by atoms with E-state index in [-0.39, 0.29) is 24.2 Å². The third-order valence-electron chi connectivity index (χ3n) is 2.52. The van der Waals surface area contributed by atoms with E-state index < -0.39 is 5.82 Å². The Bertz CT molecular complexity index is 407. The molecule has 0 aliphatic rings. The van der Waals surface area contributed by atoms with E-state index in [1.54, 1.807) is 21.0 Å². The van der Waals surface area contributed by atoms with Gasteiger partial charge in [0.1, 0.15) is 11.6 Å². The molecule has 1 atom stereocenters. The van der Waals surface area contributed by atoms with Gasteiger partial charge < -0.3 is 15.3 Å². The number of phenols is 1. The lowest BCUT2D eigenvalue weighted by Gasteiger charge is -2.17. The Labute approximate surface area is 100 Å². The normalized spacial score (nSPS) is 12.2. The first-order valence-electron chi connectivity index (χ1n) is 5.33. The summed E-state index contributed by atoms with van der Waals surface area (Å²) in [5.74, 6) is -0.649. The maximum atomic E-state index is 12.8. The number of phenolic OH excluding ortho intramolecular Hbond substituents is 1. The minimum absolute atomic E-state index is 0.0570. The highest BCUT2D eigenvalue weighted by Crippen LogP contribution is 2.24. The number of nitrogens with zero attached hydrogens (tertiary/aromatic N) is 1. The monoisotopic (exact) mass is 240 g/mol. The van der Waals surface area contributed by atoms with Crippen molar-refractivity contribution < 1.29 is 14.3 Å². The first kappa shape index (κ1) is 13.4. The predicted octanol–water partition coefficient (Wildman–Crippen LogP) is 1.27. The first-order chi connectivity index (χ1) is 7.91. The van der Waals surface area contributed by atoms with Gasteiger partial charge >= 0.3 is 0 Å². The van der Waals surface area contributed by atoms with Crippen molar-refractivity contribution in [2.24, 2.45) is 0 Å². The number of aromatic hydroxyl groups is 1. The summed E-state index contributed by atoms with van der Waals surface area (Å²) in [6.07, 6.45) is 0. The van der Waals surface area contributed by atoms with Gasteiger partial charge in [-0.2, -0.15) is 0 Å². The molecule has 0 bridgehead atoms. The predicted molar refractivity (Wildman–Crippen MR) is 63.2 cm³/mol. The van der Waals surface area contributed by atoms with Crippen LogP contribution in [0.25, 0.3) is 0 Å². The van der Waals surface area contributed by atoms with Gasteiger partial charge in [0.25, 0.3) is 0 Å². The first-order valence-corrected chi connectivity index (χ1v) is 5.33. The van der Waals surface area contributed by atoms with E-state index in [0.29, 0.717) is 5.56 Å². The molecule has 4 nitrogen and oxygen atoms in total. The van der Waals surface area contributed by atoms with E-state index in [9.17, 15) is 14.3 Å². The largest absolute Gasteiger partial charge is 0.508 e. The maximum Gasteiger partial charge on any atom is 0.236 e. The van der Waals surface area contributed by atoms with Crippen molar-refractivity contribution in [2.45, 2.75) is 13.0 Å². The van der Waals surface area contributed by atoms with Gasteiger partial charge in [0.05, 0.1) is 6.54 Å². The second kappa shape index (κ2) is 5.63. The van der Waals surface area contributed by atoms with Gasteiger partial charge in [-0.05, 0) is 13.0 Å². The summed E-state index contributed by atoms with van der Waals surface area (Å²) in [7, 11) is 3.34. The van der Waals surface area contributed by atoms with Gasteiger partial charge in [-0.15, -0.1) is 0 Å². The van der Waals surface area contributed by atoms with Crippen LogP contribution in [-0.2, 0) is 4.79 Å². The molecule has 0 aromatic heterocycles. The van der Waals surface area contributed by atoms with Crippen molar-refractivity contribution in [3.05, 3.63) is 29.6 Å². The van der Waals surface area contributed by atoms with Crippen molar-refractivity contribution in [3.8, 4) is 5.75 Å². The highest BCUT2D eigenvalue weighted by molar-refractivity contribution is 5.77. The van der Waals surface area contributed by atoms with E-state index >= 15 is 0 Å². The molecule has 0 heterocycles. The summed E-state index contributed by atoms with van der Waals surface area (Å²) >= 11 is 0. The number of carbonyl (C=O) groups excluding carboxylic acids is 1. The van der Waals surface area contributed by atoms with Crippen LogP contribution in [0.2, 0.25) is 0 Å². The Kier molecular flexibility index (Phi) is 4.45. The summed E-state index contributed by atoms with van der Waals surface area (Å²) in [4.78, 5) is 12.8. The highest BCUT2D eigenvalue weighted by Gasteiger charge is 2.12. The molecule has 1 rings (SSSR count). The minimum Gasteiger partial charge on any atom is -0.508 e. The number of hydrogen-bond donors (Lipinski definition) is 2. The minimum atomic E-state index is -0.484. The van der Waals surface area contributed by atoms with E-state index in [0.717, 1.165) is 6.07 Å². The molecule has 94 valence electrons. The van der Waals surface area contributed by atoms with Crippen LogP contribution in [-0.4, -0.2) is 36.6 Å². The van der Waals surface area contributed by atoms with Crippen LogP contribution in [0.4, 0.5) is 4.39 Å². The van der Waals surface area contributed by atoms with E-state index in [4.69, 9.17) is 0 Å². The van der Waals surface area contributed by atoms with Crippen molar-refractivity contribution >= 4 is 5.91 Å². The fourth-order valence-electron chi connectivity index (χ4n) is 1.39. The van der Waals surface area contributed by atoms with Gasteiger partial charge in [0.15, 0.2) is 0 Å². The standard InChI is InChI=1S/C12H17FN2O2/c1-8(14-7-12(17)15(2)3)10-5-4-9(13)6-11(10)16/h4-6,8,14,16H,7H2,1-3H3. The number of halogens is 1. The molecule has 0 aliphatic carbocycles. The van der Waals surface area contributed by atoms with Crippen LogP contribution in [0.15, 0.2) is 18.2 Å². The molecule has 1 amide bonds. The van der Waals surface area contributed by atoms with E-state index in [1.165, 1.54) is 17.0 Å². The molecular weight excluding hydrogens is 223 g/mol. The quantitative estimate of drug-likeness (QED) is 0.833. The molecule has 1 aromatic rings. The van der Waals surface area contributed by atoms with Crippen molar-refractivity contribution in [1.82, 2.24) is 10.2 Å². The smallest absolute Gasteiger partial charge is 0.236 e. The van der Waals surface area contributed by atoms with Crippen molar-refractivity contribution in [2.75, 3.05) is 20.6 Å². The second-order valence-corrected chi connectivity index (χ2v) is 4.09. The zero-order valence-electron chi connectivity index (χ0n) is 10.2. The Morgan fingerprint density at radius 3 is 2.71 bits per heavy atom. The van der Waals surface area contributed by atoms with Crippen LogP contribution >= 0.6 is 0 Å². The maximum absolute atomic E-state index is 12.8. The van der Waals surface area contributed by atoms with Gasteiger partial charge in [-0.1, -0.05) is 6.07 Å². The Balaban J connectivity index is 2.64. The van der Waals surface area contributed by atoms with Crippen LogP contribution in [0.5, 0.6) is 5.75 Å². The Morgan fingerprint density at radius 1 is 1.53 bits per heavy atom. The van der Waals surface area contributed by atoms with E-state index in [1.807, 2.05) is 0 Å². The topological polar surface area (TPSA) is 52.6 Å². The van der Waals surface area contributed by atoms with E-state index in [2.05, 4.69) is 5.32 Å². The molecule has 5 heteroatoms. The number of nitrogens with one attached hydrogen (secondary N) is 1. The molecule has 2 N–H and O–H groups in total. The summed E-state index contributed by atoms with van der Waals surface area (Å²) in [5.41, 5.74) is 0.568. The van der Waals surface area contributed by atoms with Gasteiger partial charge in [0.2, 0.25) is 5.91 Å². The lowest BCUT2D eigenvalue weighted by Crippen LogP contribution is -2.34. The van der Waals surface area contributed by atoms with Gasteiger partial charge in [-0.25, -0.2) is 4.39 Å². The summed E-state index contributed by atoms with van der Waals surface area (Å²) in [5, 5.41) is 12.5. The molecule has 0 aliphatic heterocycles. The summed E-state index contributed by atoms with van der Waals surface area (Å²) in [6.45, 7) is 1.97. The van der Waals surface area contributed by atoms with Crippen molar-refractivity contribution in [1.29, 1.82) is 0 Å². The number of likely N-dealkylation sites (N-methyl/N-ethyl adjacent to an activating group) is 1. The molecule has 0 saturated carbocycles.